The van der Waals surface area contributed by atoms with Gasteiger partial charge in [0.25, 0.3) is 0 Å². The molecule has 20 heavy (non-hydrogen) atoms. The fourth-order valence-electron chi connectivity index (χ4n) is 2.78. The average molecular weight is 286 g/mol. The number of aliphatic hydroxyl groups excluding tert-OH is 1. The first kappa shape index (κ1) is 17.4. The summed E-state index contributed by atoms with van der Waals surface area (Å²) in [5.41, 5.74) is 4.64. The number of carbonyl (C=O) groups is 1. The molecule has 0 spiro atoms. The number of carbonyl (C=O) groups excluding carboxylic acids is 1. The van der Waals surface area contributed by atoms with Crippen LogP contribution < -0.4 is 11.1 Å². The van der Waals surface area contributed by atoms with Crippen molar-refractivity contribution in [3.63, 3.8) is 0 Å². The van der Waals surface area contributed by atoms with Gasteiger partial charge in [-0.25, -0.2) is 0 Å². The molecule has 3 atom stereocenters. The van der Waals surface area contributed by atoms with Gasteiger partial charge >= 0.3 is 0 Å². The van der Waals surface area contributed by atoms with Crippen molar-refractivity contribution in [3.05, 3.63) is 0 Å². The lowest BCUT2D eigenvalue weighted by Crippen LogP contribution is -2.77. The summed E-state index contributed by atoms with van der Waals surface area (Å²) in [6, 6.07) is 0. The van der Waals surface area contributed by atoms with Crippen molar-refractivity contribution in [1.29, 1.82) is 0 Å². The highest BCUT2D eigenvalue weighted by Crippen LogP contribution is 2.50. The van der Waals surface area contributed by atoms with Gasteiger partial charge in [0.2, 0.25) is 5.91 Å². The zero-order valence-electron chi connectivity index (χ0n) is 13.5. The molecule has 3 unspecified atom stereocenters. The molecule has 1 amide bonds. The summed E-state index contributed by atoms with van der Waals surface area (Å²) in [6.07, 6.45) is 1.85. The van der Waals surface area contributed by atoms with Gasteiger partial charge in [-0.2, -0.15) is 0 Å². The molecule has 0 radical (unpaired) electrons. The standard InChI is InChI=1S/C15H30N2O3/c1-6-14(5,8-9-18)17-12(19)15(16)10-11(20-7-2)13(15,3)4/h11,18H,6-10,16H2,1-5H3,(H,17,19). The largest absolute Gasteiger partial charge is 0.396 e. The first-order valence-corrected chi connectivity index (χ1v) is 7.51. The van der Waals surface area contributed by atoms with Gasteiger partial charge in [-0.1, -0.05) is 20.8 Å². The summed E-state index contributed by atoms with van der Waals surface area (Å²) in [5, 5.41) is 12.2. The Morgan fingerprint density at radius 1 is 1.50 bits per heavy atom. The predicted octanol–water partition coefficient (Wildman–Crippen LogP) is 1.19. The molecule has 1 aliphatic carbocycles. The minimum absolute atomic E-state index is 0.0222. The maximum absolute atomic E-state index is 12.6. The van der Waals surface area contributed by atoms with E-state index in [1.807, 2.05) is 34.6 Å². The molecular formula is C15H30N2O3. The third-order valence-corrected chi connectivity index (χ3v) is 5.09. The van der Waals surface area contributed by atoms with Crippen molar-refractivity contribution in [2.45, 2.75) is 71.1 Å². The minimum Gasteiger partial charge on any atom is -0.396 e. The average Bonchev–Trinajstić information content (AvgIpc) is 2.38. The number of nitrogens with two attached hydrogens (primary N) is 1. The van der Waals surface area contributed by atoms with Crippen LogP contribution in [0.3, 0.4) is 0 Å². The number of aliphatic hydroxyl groups is 1. The lowest BCUT2D eigenvalue weighted by atomic mass is 9.54. The predicted molar refractivity (Wildman–Crippen MR) is 79.3 cm³/mol. The number of amides is 1. The molecule has 0 heterocycles. The van der Waals surface area contributed by atoms with Crippen molar-refractivity contribution < 1.29 is 14.6 Å². The summed E-state index contributed by atoms with van der Waals surface area (Å²) >= 11 is 0. The number of ether oxygens (including phenoxy) is 1. The van der Waals surface area contributed by atoms with Crippen molar-refractivity contribution >= 4 is 5.91 Å². The fourth-order valence-corrected chi connectivity index (χ4v) is 2.78. The van der Waals surface area contributed by atoms with Gasteiger partial charge in [-0.15, -0.1) is 0 Å². The van der Waals surface area contributed by atoms with E-state index in [9.17, 15) is 4.79 Å². The van der Waals surface area contributed by atoms with Crippen molar-refractivity contribution in [2.75, 3.05) is 13.2 Å². The van der Waals surface area contributed by atoms with Gasteiger partial charge in [0.15, 0.2) is 0 Å². The molecule has 4 N–H and O–H groups in total. The quantitative estimate of drug-likeness (QED) is 0.656. The molecule has 0 aliphatic heterocycles. The first-order valence-electron chi connectivity index (χ1n) is 7.51. The van der Waals surface area contributed by atoms with Gasteiger partial charge < -0.3 is 20.9 Å². The summed E-state index contributed by atoms with van der Waals surface area (Å²) in [4.78, 5) is 12.6. The SMILES string of the molecule is CCOC1CC(N)(C(=O)NC(C)(CC)CCO)C1(C)C. The molecule has 1 aliphatic rings. The highest BCUT2D eigenvalue weighted by atomic mass is 16.5. The van der Waals surface area contributed by atoms with Gasteiger partial charge in [0.05, 0.1) is 6.10 Å². The number of nitrogens with one attached hydrogen (secondary N) is 1. The van der Waals surface area contributed by atoms with Crippen molar-refractivity contribution in [3.8, 4) is 0 Å². The summed E-state index contributed by atoms with van der Waals surface area (Å²) in [5.74, 6) is -0.142. The van der Waals surface area contributed by atoms with E-state index in [1.54, 1.807) is 0 Å². The summed E-state index contributed by atoms with van der Waals surface area (Å²) in [7, 11) is 0. The van der Waals surface area contributed by atoms with E-state index in [2.05, 4.69) is 5.32 Å². The van der Waals surface area contributed by atoms with Crippen molar-refractivity contribution in [1.82, 2.24) is 5.32 Å². The Balaban J connectivity index is 2.78. The van der Waals surface area contributed by atoms with Crippen LogP contribution >= 0.6 is 0 Å². The first-order chi connectivity index (χ1) is 9.16. The topological polar surface area (TPSA) is 84.6 Å². The zero-order chi connectivity index (χ0) is 15.6. The Morgan fingerprint density at radius 2 is 2.10 bits per heavy atom. The molecule has 1 fully saturated rings. The van der Waals surface area contributed by atoms with Gasteiger partial charge in [-0.3, -0.25) is 4.79 Å². The molecule has 0 bridgehead atoms. The Bertz CT molecular complexity index is 359. The Hall–Kier alpha value is -0.650. The van der Waals surface area contributed by atoms with Crippen LogP contribution in [0.5, 0.6) is 0 Å². The number of rotatable bonds is 7. The van der Waals surface area contributed by atoms with Gasteiger partial charge in [-0.05, 0) is 26.7 Å². The van der Waals surface area contributed by atoms with E-state index in [4.69, 9.17) is 15.6 Å². The number of hydrogen-bond acceptors (Lipinski definition) is 4. The second-order valence-corrected chi connectivity index (χ2v) is 6.68. The highest BCUT2D eigenvalue weighted by Gasteiger charge is 2.63. The molecule has 5 nitrogen and oxygen atoms in total. The minimum atomic E-state index is -0.904. The molecule has 118 valence electrons. The van der Waals surface area contributed by atoms with E-state index in [0.717, 1.165) is 6.42 Å². The van der Waals surface area contributed by atoms with Crippen LogP contribution in [-0.4, -0.2) is 41.4 Å². The Labute approximate surface area is 122 Å². The maximum atomic E-state index is 12.6. The molecule has 0 aromatic rings. The van der Waals surface area contributed by atoms with Gasteiger partial charge in [0.1, 0.15) is 5.54 Å². The zero-order valence-corrected chi connectivity index (χ0v) is 13.5. The highest BCUT2D eigenvalue weighted by molar-refractivity contribution is 5.89. The third kappa shape index (κ3) is 2.85. The molecular weight excluding hydrogens is 256 g/mol. The second kappa shape index (κ2) is 6.00. The normalized spacial score (nSPS) is 31.2. The maximum Gasteiger partial charge on any atom is 0.241 e. The molecule has 5 heteroatoms. The van der Waals surface area contributed by atoms with Crippen LogP contribution in [0.1, 0.15) is 53.9 Å². The third-order valence-electron chi connectivity index (χ3n) is 5.09. The monoisotopic (exact) mass is 286 g/mol. The molecule has 0 aromatic carbocycles. The van der Waals surface area contributed by atoms with Crippen molar-refractivity contribution in [2.24, 2.45) is 11.1 Å². The molecule has 0 saturated heterocycles. The van der Waals surface area contributed by atoms with E-state index >= 15 is 0 Å². The second-order valence-electron chi connectivity index (χ2n) is 6.68. The van der Waals surface area contributed by atoms with Crippen LogP contribution in [0.25, 0.3) is 0 Å². The van der Waals surface area contributed by atoms with Crippen LogP contribution in [0, 0.1) is 5.41 Å². The van der Waals surface area contributed by atoms with Gasteiger partial charge in [0, 0.05) is 30.6 Å². The van der Waals surface area contributed by atoms with E-state index in [-0.39, 0.29) is 24.0 Å². The summed E-state index contributed by atoms with van der Waals surface area (Å²) < 4.78 is 5.64. The smallest absolute Gasteiger partial charge is 0.241 e. The Kier molecular flexibility index (Phi) is 5.22. The Morgan fingerprint density at radius 3 is 2.50 bits per heavy atom. The van der Waals surface area contributed by atoms with Crippen LogP contribution in [0.15, 0.2) is 0 Å². The van der Waals surface area contributed by atoms with E-state index in [0.29, 0.717) is 19.4 Å². The van der Waals surface area contributed by atoms with E-state index in [1.165, 1.54) is 0 Å². The lowest BCUT2D eigenvalue weighted by Gasteiger charge is -2.58. The van der Waals surface area contributed by atoms with Crippen LogP contribution in [0.4, 0.5) is 0 Å². The van der Waals surface area contributed by atoms with Crippen LogP contribution in [0.2, 0.25) is 0 Å². The van der Waals surface area contributed by atoms with Crippen LogP contribution in [-0.2, 0) is 9.53 Å². The fraction of sp³-hybridized carbons (Fsp3) is 0.933. The number of hydrogen-bond donors (Lipinski definition) is 3. The van der Waals surface area contributed by atoms with E-state index < -0.39 is 11.1 Å². The molecule has 1 rings (SSSR count). The summed E-state index contributed by atoms with van der Waals surface area (Å²) in [6.45, 7) is 10.5. The molecule has 1 saturated carbocycles. The molecule has 0 aromatic heterocycles. The lowest BCUT2D eigenvalue weighted by molar-refractivity contribution is -0.172.